The van der Waals surface area contributed by atoms with Gasteiger partial charge in [0.1, 0.15) is 16.3 Å². The first-order valence-corrected chi connectivity index (χ1v) is 10.1. The fraction of sp³-hybridized carbons (Fsp3) is 0.300. The lowest BCUT2D eigenvalue weighted by molar-refractivity contribution is -0.123. The zero-order valence-electron chi connectivity index (χ0n) is 14.6. The maximum Gasteiger partial charge on any atom is 0.188 e. The van der Waals surface area contributed by atoms with E-state index in [9.17, 15) is 22.0 Å². The Morgan fingerprint density at radius 2 is 1.79 bits per heavy atom. The van der Waals surface area contributed by atoms with E-state index < -0.39 is 37.9 Å². The van der Waals surface area contributed by atoms with Gasteiger partial charge in [-0.3, -0.25) is 4.79 Å². The molecule has 0 spiro atoms. The molecule has 1 saturated carbocycles. The van der Waals surface area contributed by atoms with Gasteiger partial charge in [-0.25, -0.2) is 22.0 Å². The van der Waals surface area contributed by atoms with Crippen LogP contribution in [0.25, 0.3) is 4.85 Å². The summed E-state index contributed by atoms with van der Waals surface area (Å²) < 4.78 is 60.3. The minimum atomic E-state index is -4.23. The third-order valence-corrected chi connectivity index (χ3v) is 8.17. The van der Waals surface area contributed by atoms with Crippen molar-refractivity contribution in [2.45, 2.75) is 28.9 Å². The molecule has 0 aromatic heterocycles. The van der Waals surface area contributed by atoms with Crippen LogP contribution in [0.4, 0.5) is 14.5 Å². The Hall–Kier alpha value is -2.79. The van der Waals surface area contributed by atoms with Crippen molar-refractivity contribution in [2.75, 3.05) is 6.61 Å². The molecular formula is C20H15F2NO4S. The van der Waals surface area contributed by atoms with Crippen molar-refractivity contribution in [2.24, 2.45) is 5.92 Å². The van der Waals surface area contributed by atoms with Crippen molar-refractivity contribution in [1.82, 2.24) is 0 Å². The quantitative estimate of drug-likeness (QED) is 0.713. The highest BCUT2D eigenvalue weighted by molar-refractivity contribution is 7.92. The van der Waals surface area contributed by atoms with Gasteiger partial charge in [-0.15, -0.1) is 0 Å². The number of sulfone groups is 1. The fourth-order valence-electron chi connectivity index (χ4n) is 4.24. The summed E-state index contributed by atoms with van der Waals surface area (Å²) in [5.74, 6) is -3.10. The maximum atomic E-state index is 14.9. The van der Waals surface area contributed by atoms with E-state index in [1.807, 2.05) is 0 Å². The molecule has 1 fully saturated rings. The average Bonchev–Trinajstić information content (AvgIpc) is 2.70. The Labute approximate surface area is 160 Å². The number of carbonyl (C=O) groups excluding carboxylic acids is 1. The van der Waals surface area contributed by atoms with Crippen LogP contribution in [0.1, 0.15) is 24.8 Å². The van der Waals surface area contributed by atoms with Crippen molar-refractivity contribution in [3.63, 3.8) is 0 Å². The molecule has 0 N–H and O–H groups in total. The van der Waals surface area contributed by atoms with Crippen LogP contribution < -0.4 is 4.74 Å². The Morgan fingerprint density at radius 1 is 1.11 bits per heavy atom. The van der Waals surface area contributed by atoms with Gasteiger partial charge in [-0.05, 0) is 18.6 Å². The average molecular weight is 403 g/mol. The minimum Gasteiger partial charge on any atom is -0.490 e. The van der Waals surface area contributed by atoms with Crippen LogP contribution in [-0.2, 0) is 19.4 Å². The van der Waals surface area contributed by atoms with Gasteiger partial charge < -0.3 is 4.74 Å². The monoisotopic (exact) mass is 403 g/mol. The van der Waals surface area contributed by atoms with Crippen molar-refractivity contribution >= 4 is 21.3 Å². The van der Waals surface area contributed by atoms with Gasteiger partial charge in [0.25, 0.3) is 0 Å². The number of Topliss-reactive ketones (excluding diaryl/α,β-unsaturated/α-hetero) is 1. The SMILES string of the molecule is [C-]#[N+]c1ccc(S(=O)(=O)[C@@]23CCC(=O)C[C@@H]2COc2c(F)ccc(F)c23)cc1. The van der Waals surface area contributed by atoms with Crippen molar-refractivity contribution in [1.29, 1.82) is 0 Å². The number of benzene rings is 2. The lowest BCUT2D eigenvalue weighted by Crippen LogP contribution is -2.52. The lowest BCUT2D eigenvalue weighted by Gasteiger charge is -2.46. The summed E-state index contributed by atoms with van der Waals surface area (Å²) >= 11 is 0. The molecule has 0 saturated heterocycles. The van der Waals surface area contributed by atoms with Gasteiger partial charge in [0.2, 0.25) is 0 Å². The van der Waals surface area contributed by atoms with E-state index in [4.69, 9.17) is 11.3 Å². The van der Waals surface area contributed by atoms with Crippen molar-refractivity contribution in [3.8, 4) is 5.75 Å². The summed E-state index contributed by atoms with van der Waals surface area (Å²) in [7, 11) is -4.23. The normalized spacial score (nSPS) is 23.9. The van der Waals surface area contributed by atoms with Crippen molar-refractivity contribution < 1.29 is 26.7 Å². The van der Waals surface area contributed by atoms with Gasteiger partial charge in [0.05, 0.1) is 23.6 Å². The van der Waals surface area contributed by atoms with Crippen LogP contribution in [0.2, 0.25) is 0 Å². The van der Waals surface area contributed by atoms with Crippen LogP contribution in [0, 0.1) is 24.1 Å². The first-order valence-electron chi connectivity index (χ1n) is 8.66. The predicted octanol–water partition coefficient (Wildman–Crippen LogP) is 3.95. The highest BCUT2D eigenvalue weighted by atomic mass is 32.2. The van der Waals surface area contributed by atoms with Gasteiger partial charge in [0.15, 0.2) is 27.1 Å². The topological polar surface area (TPSA) is 64.8 Å². The van der Waals surface area contributed by atoms with E-state index in [0.29, 0.717) is 0 Å². The van der Waals surface area contributed by atoms with Crippen LogP contribution >= 0.6 is 0 Å². The Morgan fingerprint density at radius 3 is 2.46 bits per heavy atom. The lowest BCUT2D eigenvalue weighted by atomic mass is 9.72. The van der Waals surface area contributed by atoms with Gasteiger partial charge in [0, 0.05) is 18.8 Å². The van der Waals surface area contributed by atoms with E-state index >= 15 is 0 Å². The van der Waals surface area contributed by atoms with Gasteiger partial charge in [-0.2, -0.15) is 0 Å². The van der Waals surface area contributed by atoms with Gasteiger partial charge >= 0.3 is 0 Å². The van der Waals surface area contributed by atoms with Crippen LogP contribution in [0.15, 0.2) is 41.3 Å². The molecule has 0 unspecified atom stereocenters. The molecule has 2 aliphatic rings. The first kappa shape index (κ1) is 18.6. The molecule has 0 bridgehead atoms. The van der Waals surface area contributed by atoms with E-state index in [1.54, 1.807) is 0 Å². The van der Waals surface area contributed by atoms with E-state index in [0.717, 1.165) is 12.1 Å². The number of hydrogen-bond donors (Lipinski definition) is 0. The smallest absolute Gasteiger partial charge is 0.188 e. The van der Waals surface area contributed by atoms with E-state index in [1.165, 1.54) is 24.3 Å². The molecule has 0 radical (unpaired) electrons. The number of ketones is 1. The molecule has 1 aliphatic heterocycles. The predicted molar refractivity (Wildman–Crippen MR) is 95.8 cm³/mol. The van der Waals surface area contributed by atoms with Crippen LogP contribution in [0.5, 0.6) is 5.75 Å². The van der Waals surface area contributed by atoms with Gasteiger partial charge in [-0.1, -0.05) is 24.3 Å². The summed E-state index contributed by atoms with van der Waals surface area (Å²) in [5, 5.41) is 0. The molecular weight excluding hydrogens is 388 g/mol. The second kappa shape index (κ2) is 6.38. The number of halogens is 2. The number of nitrogens with zero attached hydrogens (tertiary/aromatic N) is 1. The summed E-state index contributed by atoms with van der Waals surface area (Å²) in [6.07, 6.45) is -0.292. The first-order chi connectivity index (χ1) is 13.3. The number of rotatable bonds is 2. The second-order valence-electron chi connectivity index (χ2n) is 6.98. The molecule has 28 heavy (non-hydrogen) atoms. The Balaban J connectivity index is 2.01. The van der Waals surface area contributed by atoms with E-state index in [-0.39, 0.29) is 47.8 Å². The maximum absolute atomic E-state index is 14.9. The third kappa shape index (κ3) is 2.46. The Kier molecular flexibility index (Phi) is 4.23. The van der Waals surface area contributed by atoms with E-state index in [2.05, 4.69) is 4.85 Å². The molecule has 2 atom stereocenters. The summed E-state index contributed by atoms with van der Waals surface area (Å²) in [6, 6.07) is 7.08. The Bertz CT molecular complexity index is 1120. The summed E-state index contributed by atoms with van der Waals surface area (Å²) in [5.41, 5.74) is -0.0815. The summed E-state index contributed by atoms with van der Waals surface area (Å²) in [6.45, 7) is 6.82. The largest absolute Gasteiger partial charge is 0.490 e. The highest BCUT2D eigenvalue weighted by Crippen LogP contribution is 2.55. The highest BCUT2D eigenvalue weighted by Gasteiger charge is 2.59. The third-order valence-electron chi connectivity index (χ3n) is 5.58. The standard InChI is InChI=1S/C20H15F2NO4S/c1-23-13-2-4-15(5-3-13)28(25,26)20-9-8-14(24)10-12(20)11-27-19-17(22)7-6-16(21)18(19)20/h2-7,12H,8-11H2/t12-,20+/m1/s1. The molecule has 8 heteroatoms. The second-order valence-corrected chi connectivity index (χ2v) is 9.19. The molecule has 5 nitrogen and oxygen atoms in total. The number of ether oxygens (including phenoxy) is 1. The number of hydrogen-bond acceptors (Lipinski definition) is 4. The zero-order valence-corrected chi connectivity index (χ0v) is 15.4. The molecule has 0 amide bonds. The van der Waals surface area contributed by atoms with Crippen LogP contribution in [0.3, 0.4) is 0 Å². The van der Waals surface area contributed by atoms with Crippen LogP contribution in [-0.4, -0.2) is 20.8 Å². The minimum absolute atomic E-state index is 0.0503. The molecule has 2 aromatic rings. The molecule has 1 heterocycles. The van der Waals surface area contributed by atoms with Crippen molar-refractivity contribution in [3.05, 3.63) is 65.0 Å². The zero-order chi connectivity index (χ0) is 20.1. The molecule has 144 valence electrons. The molecule has 1 aliphatic carbocycles. The molecule has 4 rings (SSSR count). The summed E-state index contributed by atoms with van der Waals surface area (Å²) in [4.78, 5) is 15.2. The fourth-order valence-corrected chi connectivity index (χ4v) is 6.58. The number of carbonyl (C=O) groups is 1. The molecule has 2 aromatic carbocycles. The number of fused-ring (bicyclic) bond motifs is 3.